The molecule has 1 saturated heterocycles. The van der Waals surface area contributed by atoms with Gasteiger partial charge in [-0.25, -0.2) is 0 Å². The van der Waals surface area contributed by atoms with E-state index in [0.29, 0.717) is 18.9 Å². The van der Waals surface area contributed by atoms with Crippen molar-refractivity contribution < 1.29 is 14.1 Å². The van der Waals surface area contributed by atoms with Crippen LogP contribution in [0.1, 0.15) is 26.7 Å². The number of carbonyl (C=O) groups is 2. The zero-order valence-corrected chi connectivity index (χ0v) is 11.3. The largest absolute Gasteiger partial charge is 0.342 e. The summed E-state index contributed by atoms with van der Waals surface area (Å²) < 4.78 is 4.88. The molecule has 1 aromatic heterocycles. The normalized spacial score (nSPS) is 20.6. The smallest absolute Gasteiger partial charge is 0.246 e. The van der Waals surface area contributed by atoms with Crippen LogP contribution in [0.2, 0.25) is 0 Å². The molecule has 0 aromatic carbocycles. The summed E-state index contributed by atoms with van der Waals surface area (Å²) in [5, 5.41) is 6.25. The van der Waals surface area contributed by atoms with E-state index in [9.17, 15) is 9.59 Å². The fourth-order valence-electron chi connectivity index (χ4n) is 2.02. The summed E-state index contributed by atoms with van der Waals surface area (Å²) in [6.45, 7) is 6.27. The van der Waals surface area contributed by atoms with E-state index in [1.54, 1.807) is 4.90 Å². The summed E-state index contributed by atoms with van der Waals surface area (Å²) >= 11 is 0. The summed E-state index contributed by atoms with van der Waals surface area (Å²) in [7, 11) is 0. The van der Waals surface area contributed by atoms with Gasteiger partial charge in [0.15, 0.2) is 6.33 Å². The van der Waals surface area contributed by atoms with E-state index in [-0.39, 0.29) is 23.8 Å². The average molecular weight is 266 g/mol. The van der Waals surface area contributed by atoms with E-state index in [1.807, 2.05) is 20.8 Å². The van der Waals surface area contributed by atoms with Gasteiger partial charge in [-0.3, -0.25) is 9.59 Å². The Kier molecular flexibility index (Phi) is 3.55. The van der Waals surface area contributed by atoms with Crippen molar-refractivity contribution in [3.63, 3.8) is 0 Å². The van der Waals surface area contributed by atoms with Crippen molar-refractivity contribution in [3.05, 3.63) is 12.2 Å². The molecule has 2 amide bonds. The molecule has 1 atom stereocenters. The maximum atomic E-state index is 12.3. The van der Waals surface area contributed by atoms with E-state index in [1.165, 1.54) is 6.33 Å². The molecule has 0 saturated carbocycles. The summed E-state index contributed by atoms with van der Waals surface area (Å²) in [5.41, 5.74) is -0.310. The molecular formula is C12H18N4O3. The Balaban J connectivity index is 2.03. The summed E-state index contributed by atoms with van der Waals surface area (Å²) in [4.78, 5) is 29.4. The lowest BCUT2D eigenvalue weighted by atomic mass is 9.85. The van der Waals surface area contributed by atoms with Gasteiger partial charge in [0.05, 0.1) is 6.54 Å². The highest BCUT2D eigenvalue weighted by molar-refractivity contribution is 5.95. The maximum Gasteiger partial charge on any atom is 0.246 e. The zero-order chi connectivity index (χ0) is 14.0. The molecule has 1 aliphatic heterocycles. The molecule has 104 valence electrons. The summed E-state index contributed by atoms with van der Waals surface area (Å²) in [6, 6.07) is -0.489. The van der Waals surface area contributed by atoms with Crippen molar-refractivity contribution in [1.82, 2.24) is 20.4 Å². The van der Waals surface area contributed by atoms with Gasteiger partial charge in [-0.2, -0.15) is 4.98 Å². The Labute approximate surface area is 111 Å². The molecule has 2 rings (SSSR count). The third kappa shape index (κ3) is 3.10. The highest BCUT2D eigenvalue weighted by Crippen LogP contribution is 2.23. The number of hydrogen-bond donors (Lipinski definition) is 1. The number of aromatic nitrogens is 2. The molecule has 1 N–H and O–H groups in total. The minimum atomic E-state index is -0.489. The summed E-state index contributed by atoms with van der Waals surface area (Å²) in [6.07, 6.45) is 1.77. The molecule has 19 heavy (non-hydrogen) atoms. The average Bonchev–Trinajstić information content (AvgIpc) is 2.81. The lowest BCUT2D eigenvalue weighted by molar-refractivity contribution is -0.147. The van der Waals surface area contributed by atoms with Gasteiger partial charge >= 0.3 is 0 Å². The molecule has 1 fully saturated rings. The van der Waals surface area contributed by atoms with Crippen molar-refractivity contribution >= 4 is 11.8 Å². The van der Waals surface area contributed by atoms with E-state index in [2.05, 4.69) is 15.5 Å². The monoisotopic (exact) mass is 266 g/mol. The standard InChI is InChI=1S/C12H18N4O3/c1-12(2,3)10-11(18)16(6-8(17)15-10)5-4-9-13-7-14-19-9/h7,10H,4-6H2,1-3H3,(H,15,17). The lowest BCUT2D eigenvalue weighted by Crippen LogP contribution is -2.62. The van der Waals surface area contributed by atoms with E-state index in [4.69, 9.17) is 4.52 Å². The lowest BCUT2D eigenvalue weighted by Gasteiger charge is -2.38. The van der Waals surface area contributed by atoms with E-state index >= 15 is 0 Å². The first-order valence-corrected chi connectivity index (χ1v) is 6.21. The van der Waals surface area contributed by atoms with Gasteiger partial charge in [-0.1, -0.05) is 25.9 Å². The molecule has 1 unspecified atom stereocenters. The van der Waals surface area contributed by atoms with Gasteiger partial charge < -0.3 is 14.7 Å². The van der Waals surface area contributed by atoms with Crippen LogP contribution < -0.4 is 5.32 Å². The Morgan fingerprint density at radius 2 is 2.21 bits per heavy atom. The quantitative estimate of drug-likeness (QED) is 0.831. The number of hydrogen-bond acceptors (Lipinski definition) is 5. The van der Waals surface area contributed by atoms with E-state index in [0.717, 1.165) is 0 Å². The molecular weight excluding hydrogens is 248 g/mol. The van der Waals surface area contributed by atoms with Crippen LogP contribution in [0.25, 0.3) is 0 Å². The second-order valence-electron chi connectivity index (χ2n) is 5.71. The minimum Gasteiger partial charge on any atom is -0.342 e. The molecule has 2 heterocycles. The second kappa shape index (κ2) is 4.99. The van der Waals surface area contributed by atoms with Crippen molar-refractivity contribution in [1.29, 1.82) is 0 Å². The molecule has 0 aliphatic carbocycles. The molecule has 0 radical (unpaired) electrons. The summed E-state index contributed by atoms with van der Waals surface area (Å²) in [5.74, 6) is 0.266. The van der Waals surface area contributed by atoms with Crippen LogP contribution in [0.3, 0.4) is 0 Å². The fraction of sp³-hybridized carbons (Fsp3) is 0.667. The Morgan fingerprint density at radius 3 is 2.79 bits per heavy atom. The third-order valence-electron chi connectivity index (χ3n) is 3.07. The highest BCUT2D eigenvalue weighted by Gasteiger charge is 2.39. The molecule has 7 nitrogen and oxygen atoms in total. The molecule has 1 aromatic rings. The van der Waals surface area contributed by atoms with Crippen molar-refractivity contribution in [2.75, 3.05) is 13.1 Å². The number of nitrogens with zero attached hydrogens (tertiary/aromatic N) is 3. The van der Waals surface area contributed by atoms with Gasteiger partial charge in [-0.05, 0) is 5.41 Å². The minimum absolute atomic E-state index is 0.0633. The van der Waals surface area contributed by atoms with E-state index < -0.39 is 6.04 Å². The highest BCUT2D eigenvalue weighted by atomic mass is 16.5. The van der Waals surface area contributed by atoms with Crippen LogP contribution in [-0.2, 0) is 16.0 Å². The third-order valence-corrected chi connectivity index (χ3v) is 3.07. The van der Waals surface area contributed by atoms with Gasteiger partial charge in [0, 0.05) is 13.0 Å². The van der Waals surface area contributed by atoms with Crippen LogP contribution in [0.5, 0.6) is 0 Å². The maximum absolute atomic E-state index is 12.3. The van der Waals surface area contributed by atoms with Crippen LogP contribution in [0.4, 0.5) is 0 Å². The number of piperazine rings is 1. The molecule has 0 bridgehead atoms. The van der Waals surface area contributed by atoms with Gasteiger partial charge in [0.25, 0.3) is 0 Å². The van der Waals surface area contributed by atoms with Crippen LogP contribution >= 0.6 is 0 Å². The number of carbonyl (C=O) groups excluding carboxylic acids is 2. The van der Waals surface area contributed by atoms with Gasteiger partial charge in [0.2, 0.25) is 17.7 Å². The molecule has 7 heteroatoms. The van der Waals surface area contributed by atoms with Crippen LogP contribution in [0.15, 0.2) is 10.9 Å². The first-order valence-electron chi connectivity index (χ1n) is 6.21. The number of rotatable bonds is 3. The Morgan fingerprint density at radius 1 is 1.47 bits per heavy atom. The topological polar surface area (TPSA) is 88.3 Å². The fourth-order valence-corrected chi connectivity index (χ4v) is 2.02. The first-order chi connectivity index (χ1) is 8.88. The van der Waals surface area contributed by atoms with Crippen LogP contribution in [0, 0.1) is 5.41 Å². The number of amides is 2. The Hall–Kier alpha value is -1.92. The van der Waals surface area contributed by atoms with Crippen molar-refractivity contribution in [2.24, 2.45) is 5.41 Å². The number of nitrogens with one attached hydrogen (secondary N) is 1. The van der Waals surface area contributed by atoms with Crippen molar-refractivity contribution in [2.45, 2.75) is 33.2 Å². The second-order valence-corrected chi connectivity index (χ2v) is 5.71. The van der Waals surface area contributed by atoms with Crippen molar-refractivity contribution in [3.8, 4) is 0 Å². The van der Waals surface area contributed by atoms with Gasteiger partial charge in [-0.15, -0.1) is 0 Å². The molecule has 0 spiro atoms. The Bertz CT molecular complexity index is 464. The molecule has 1 aliphatic rings. The zero-order valence-electron chi connectivity index (χ0n) is 11.3. The first kappa shape index (κ1) is 13.5. The predicted molar refractivity (Wildman–Crippen MR) is 66.0 cm³/mol. The van der Waals surface area contributed by atoms with Crippen LogP contribution in [-0.4, -0.2) is 46.0 Å². The SMILES string of the molecule is CC(C)(C)C1NC(=O)CN(CCc2ncno2)C1=O. The predicted octanol–water partition coefficient (Wildman–Crippen LogP) is -0.0148. The van der Waals surface area contributed by atoms with Gasteiger partial charge in [0.1, 0.15) is 6.04 Å².